The van der Waals surface area contributed by atoms with Crippen LogP contribution >= 0.6 is 11.6 Å². The Balaban J connectivity index is 1.73. The predicted octanol–water partition coefficient (Wildman–Crippen LogP) is 8.41. The summed E-state index contributed by atoms with van der Waals surface area (Å²) in [6, 6.07) is 10.3. The molecular formula is C24H23ClF4O. The third-order valence-corrected chi connectivity index (χ3v) is 5.33. The molecule has 0 fully saturated rings. The number of hydrogen-bond donors (Lipinski definition) is 0. The molecule has 0 bridgehead atoms. The Bertz CT molecular complexity index is 1020. The van der Waals surface area contributed by atoms with Crippen LogP contribution in [0.2, 0.25) is 5.02 Å². The van der Waals surface area contributed by atoms with Crippen molar-refractivity contribution < 1.29 is 22.3 Å². The number of ether oxygens (including phenoxy) is 1. The standard InChI is InChI=1S/C24H23ClF4O/c1-2-3-4-5-6-7-16-8-12-20(22(26)14-16)24(28,29)30-18-10-11-19-17(15-18)9-13-21(25)23(19)27/h8-15H,2-7H2,1H3. The van der Waals surface area contributed by atoms with Crippen LogP contribution < -0.4 is 4.74 Å². The smallest absolute Gasteiger partial charge is 0.429 e. The number of halogens is 5. The minimum absolute atomic E-state index is 0.0611. The van der Waals surface area contributed by atoms with Gasteiger partial charge in [-0.05, 0) is 60.2 Å². The minimum Gasteiger partial charge on any atom is -0.429 e. The second-order valence-electron chi connectivity index (χ2n) is 7.34. The van der Waals surface area contributed by atoms with Gasteiger partial charge in [-0.25, -0.2) is 8.78 Å². The Morgan fingerprint density at radius 1 is 0.900 bits per heavy atom. The van der Waals surface area contributed by atoms with Gasteiger partial charge in [-0.3, -0.25) is 0 Å². The fourth-order valence-electron chi connectivity index (χ4n) is 3.39. The summed E-state index contributed by atoms with van der Waals surface area (Å²) in [5.41, 5.74) is -0.152. The van der Waals surface area contributed by atoms with Crippen molar-refractivity contribution in [2.45, 2.75) is 51.6 Å². The number of benzene rings is 3. The van der Waals surface area contributed by atoms with Crippen LogP contribution in [0.1, 0.15) is 50.2 Å². The molecule has 0 radical (unpaired) electrons. The predicted molar refractivity (Wildman–Crippen MR) is 112 cm³/mol. The molecule has 3 aromatic carbocycles. The topological polar surface area (TPSA) is 9.23 Å². The highest BCUT2D eigenvalue weighted by Crippen LogP contribution is 2.35. The molecule has 6 heteroatoms. The zero-order valence-electron chi connectivity index (χ0n) is 16.7. The van der Waals surface area contributed by atoms with E-state index in [9.17, 15) is 17.6 Å². The van der Waals surface area contributed by atoms with Gasteiger partial charge in [-0.15, -0.1) is 0 Å². The van der Waals surface area contributed by atoms with Gasteiger partial charge in [-0.1, -0.05) is 56.3 Å². The number of hydrogen-bond acceptors (Lipinski definition) is 1. The van der Waals surface area contributed by atoms with Crippen molar-refractivity contribution >= 4 is 22.4 Å². The lowest BCUT2D eigenvalue weighted by Crippen LogP contribution is -2.23. The minimum atomic E-state index is -3.87. The van der Waals surface area contributed by atoms with E-state index in [0.717, 1.165) is 44.2 Å². The molecular weight excluding hydrogens is 416 g/mol. The first kappa shape index (κ1) is 22.4. The average molecular weight is 439 g/mol. The molecule has 0 spiro atoms. The number of rotatable bonds is 9. The van der Waals surface area contributed by atoms with Gasteiger partial charge in [0.25, 0.3) is 0 Å². The molecule has 30 heavy (non-hydrogen) atoms. The zero-order chi connectivity index (χ0) is 21.7. The molecule has 0 N–H and O–H groups in total. The van der Waals surface area contributed by atoms with E-state index < -0.39 is 23.3 Å². The Kier molecular flexibility index (Phi) is 7.24. The van der Waals surface area contributed by atoms with Gasteiger partial charge < -0.3 is 4.74 Å². The van der Waals surface area contributed by atoms with Crippen molar-refractivity contribution in [3.8, 4) is 5.75 Å². The van der Waals surface area contributed by atoms with E-state index in [0.29, 0.717) is 17.4 Å². The third kappa shape index (κ3) is 5.25. The lowest BCUT2D eigenvalue weighted by molar-refractivity contribution is -0.187. The maximum absolute atomic E-state index is 14.6. The summed E-state index contributed by atoms with van der Waals surface area (Å²) in [4.78, 5) is 0. The first-order valence-corrected chi connectivity index (χ1v) is 10.4. The fourth-order valence-corrected chi connectivity index (χ4v) is 3.56. The van der Waals surface area contributed by atoms with Crippen LogP contribution in [0.5, 0.6) is 5.75 Å². The maximum Gasteiger partial charge on any atom is 0.429 e. The zero-order valence-corrected chi connectivity index (χ0v) is 17.4. The summed E-state index contributed by atoms with van der Waals surface area (Å²) >= 11 is 5.73. The molecule has 3 aromatic rings. The Hall–Kier alpha value is -2.27. The summed E-state index contributed by atoms with van der Waals surface area (Å²) in [7, 11) is 0. The average Bonchev–Trinajstić information content (AvgIpc) is 2.70. The van der Waals surface area contributed by atoms with Crippen molar-refractivity contribution in [1.29, 1.82) is 0 Å². The molecule has 0 aliphatic rings. The van der Waals surface area contributed by atoms with Crippen molar-refractivity contribution in [3.63, 3.8) is 0 Å². The van der Waals surface area contributed by atoms with E-state index >= 15 is 0 Å². The quantitative estimate of drug-likeness (QED) is 0.240. The van der Waals surface area contributed by atoms with Gasteiger partial charge in [-0.2, -0.15) is 8.78 Å². The SMILES string of the molecule is CCCCCCCc1ccc(C(F)(F)Oc2ccc3c(F)c(Cl)ccc3c2)c(F)c1. The van der Waals surface area contributed by atoms with Gasteiger partial charge in [0.15, 0.2) is 0 Å². The van der Waals surface area contributed by atoms with E-state index in [1.54, 1.807) is 0 Å². The van der Waals surface area contributed by atoms with E-state index in [4.69, 9.17) is 16.3 Å². The van der Waals surface area contributed by atoms with Crippen LogP contribution in [0, 0.1) is 11.6 Å². The maximum atomic E-state index is 14.6. The summed E-state index contributed by atoms with van der Waals surface area (Å²) in [6.45, 7) is 2.13. The molecule has 3 rings (SSSR count). The Labute approximate surface area is 178 Å². The second kappa shape index (κ2) is 9.69. The molecule has 0 aliphatic carbocycles. The summed E-state index contributed by atoms with van der Waals surface area (Å²) in [5.74, 6) is -1.85. The lowest BCUT2D eigenvalue weighted by Gasteiger charge is -2.19. The first-order chi connectivity index (χ1) is 14.3. The summed E-state index contributed by atoms with van der Waals surface area (Å²) in [6.07, 6.45) is 2.11. The van der Waals surface area contributed by atoms with Gasteiger partial charge in [0.1, 0.15) is 17.4 Å². The highest BCUT2D eigenvalue weighted by Gasteiger charge is 2.37. The molecule has 0 saturated heterocycles. The fraction of sp³-hybridized carbons (Fsp3) is 0.333. The van der Waals surface area contributed by atoms with Crippen LogP contribution in [0.15, 0.2) is 48.5 Å². The highest BCUT2D eigenvalue weighted by molar-refractivity contribution is 6.31. The number of aryl methyl sites for hydroxylation is 1. The molecule has 0 saturated carbocycles. The van der Waals surface area contributed by atoms with E-state index in [2.05, 4.69) is 6.92 Å². The van der Waals surface area contributed by atoms with E-state index in [1.807, 2.05) is 0 Å². The molecule has 0 aliphatic heterocycles. The Morgan fingerprint density at radius 3 is 2.40 bits per heavy atom. The van der Waals surface area contributed by atoms with Gasteiger partial charge in [0, 0.05) is 5.39 Å². The van der Waals surface area contributed by atoms with Crippen LogP contribution in [-0.4, -0.2) is 0 Å². The molecule has 0 amide bonds. The molecule has 0 atom stereocenters. The second-order valence-corrected chi connectivity index (χ2v) is 7.75. The first-order valence-electron chi connectivity index (χ1n) is 10.1. The summed E-state index contributed by atoms with van der Waals surface area (Å²) < 4.78 is 62.4. The van der Waals surface area contributed by atoms with Crippen molar-refractivity contribution in [1.82, 2.24) is 0 Å². The van der Waals surface area contributed by atoms with Crippen LogP contribution in [0.25, 0.3) is 10.8 Å². The largest absolute Gasteiger partial charge is 0.429 e. The van der Waals surface area contributed by atoms with Crippen LogP contribution in [0.3, 0.4) is 0 Å². The van der Waals surface area contributed by atoms with Crippen molar-refractivity contribution in [2.75, 3.05) is 0 Å². The summed E-state index contributed by atoms with van der Waals surface area (Å²) in [5, 5.41) is 0.478. The van der Waals surface area contributed by atoms with Gasteiger partial charge in [0.2, 0.25) is 0 Å². The third-order valence-electron chi connectivity index (χ3n) is 5.04. The number of alkyl halides is 2. The lowest BCUT2D eigenvalue weighted by atomic mass is 10.0. The number of unbranched alkanes of at least 4 members (excludes halogenated alkanes) is 4. The van der Waals surface area contributed by atoms with E-state index in [-0.39, 0.29) is 16.2 Å². The highest BCUT2D eigenvalue weighted by atomic mass is 35.5. The number of fused-ring (bicyclic) bond motifs is 1. The van der Waals surface area contributed by atoms with Crippen molar-refractivity contribution in [3.05, 3.63) is 76.3 Å². The normalized spacial score (nSPS) is 11.8. The van der Waals surface area contributed by atoms with Crippen LogP contribution in [0.4, 0.5) is 17.6 Å². The van der Waals surface area contributed by atoms with Crippen LogP contribution in [-0.2, 0) is 12.5 Å². The van der Waals surface area contributed by atoms with Gasteiger partial charge in [0.05, 0.1) is 10.6 Å². The monoisotopic (exact) mass is 438 g/mol. The molecule has 1 nitrogen and oxygen atoms in total. The molecule has 160 valence electrons. The molecule has 0 heterocycles. The Morgan fingerprint density at radius 2 is 1.67 bits per heavy atom. The van der Waals surface area contributed by atoms with Crippen molar-refractivity contribution in [2.24, 2.45) is 0 Å². The van der Waals surface area contributed by atoms with Gasteiger partial charge >= 0.3 is 6.11 Å². The molecule has 0 aromatic heterocycles. The van der Waals surface area contributed by atoms with E-state index in [1.165, 1.54) is 36.4 Å². The molecule has 0 unspecified atom stereocenters.